The quantitative estimate of drug-likeness (QED) is 0.871. The molecule has 1 N–H and O–H groups in total. The standard InChI is InChI=1S/C16H20N4O2S/c1-10(2)20-9-18-14-13(20)7-12(16(22)19(14)3)15(21)17-8-11-5-4-6-23-11/h4-6,9-10,12H,7-8H2,1-3H3,(H,17,21). The predicted molar refractivity (Wildman–Crippen MR) is 89.4 cm³/mol. The summed E-state index contributed by atoms with van der Waals surface area (Å²) >= 11 is 1.59. The maximum Gasteiger partial charge on any atom is 0.240 e. The largest absolute Gasteiger partial charge is 0.351 e. The van der Waals surface area contributed by atoms with E-state index in [0.29, 0.717) is 18.8 Å². The second kappa shape index (κ2) is 6.16. The summed E-state index contributed by atoms with van der Waals surface area (Å²) in [5, 5.41) is 4.84. The third kappa shape index (κ3) is 2.88. The number of amides is 2. The number of nitrogens with one attached hydrogen (secondary N) is 1. The number of hydrogen-bond donors (Lipinski definition) is 1. The van der Waals surface area contributed by atoms with Crippen LogP contribution in [0.25, 0.3) is 0 Å². The van der Waals surface area contributed by atoms with Crippen LogP contribution in [0.5, 0.6) is 0 Å². The van der Waals surface area contributed by atoms with Crippen molar-refractivity contribution >= 4 is 29.0 Å². The zero-order valence-corrected chi connectivity index (χ0v) is 14.3. The number of carbonyl (C=O) groups is 2. The lowest BCUT2D eigenvalue weighted by atomic mass is 9.96. The topological polar surface area (TPSA) is 67.2 Å². The van der Waals surface area contributed by atoms with E-state index in [1.165, 1.54) is 4.90 Å². The Morgan fingerprint density at radius 3 is 2.96 bits per heavy atom. The van der Waals surface area contributed by atoms with Crippen LogP contribution in [0.1, 0.15) is 30.5 Å². The van der Waals surface area contributed by atoms with Crippen LogP contribution in [0.4, 0.5) is 5.82 Å². The summed E-state index contributed by atoms with van der Waals surface area (Å²) in [5.41, 5.74) is 0.943. The van der Waals surface area contributed by atoms with Crippen LogP contribution >= 0.6 is 11.3 Å². The zero-order valence-electron chi connectivity index (χ0n) is 13.4. The van der Waals surface area contributed by atoms with E-state index in [1.807, 2.05) is 22.1 Å². The highest BCUT2D eigenvalue weighted by Crippen LogP contribution is 2.30. The molecule has 0 aliphatic carbocycles. The first kappa shape index (κ1) is 15.7. The molecule has 0 radical (unpaired) electrons. The molecule has 2 aromatic heterocycles. The lowest BCUT2D eigenvalue weighted by Crippen LogP contribution is -2.46. The van der Waals surface area contributed by atoms with Gasteiger partial charge in [0.2, 0.25) is 11.8 Å². The molecule has 0 fully saturated rings. The first-order valence-electron chi connectivity index (χ1n) is 7.62. The van der Waals surface area contributed by atoms with Gasteiger partial charge in [-0.15, -0.1) is 11.3 Å². The minimum absolute atomic E-state index is 0.199. The Balaban J connectivity index is 1.78. The van der Waals surface area contributed by atoms with Gasteiger partial charge in [0.25, 0.3) is 0 Å². The van der Waals surface area contributed by atoms with Crippen LogP contribution in [0.2, 0.25) is 0 Å². The molecular weight excluding hydrogens is 312 g/mol. The Kier molecular flexibility index (Phi) is 4.21. The molecule has 23 heavy (non-hydrogen) atoms. The van der Waals surface area contributed by atoms with Crippen LogP contribution in [0.15, 0.2) is 23.8 Å². The first-order chi connectivity index (χ1) is 11.0. The maximum atomic E-state index is 12.5. The van der Waals surface area contributed by atoms with Crippen molar-refractivity contribution in [2.75, 3.05) is 11.9 Å². The van der Waals surface area contributed by atoms with Crippen molar-refractivity contribution in [3.63, 3.8) is 0 Å². The van der Waals surface area contributed by atoms with Crippen molar-refractivity contribution in [3.8, 4) is 0 Å². The van der Waals surface area contributed by atoms with Gasteiger partial charge in [-0.05, 0) is 25.3 Å². The zero-order chi connectivity index (χ0) is 16.6. The third-order valence-corrected chi connectivity index (χ3v) is 4.98. The number of thiophene rings is 1. The van der Waals surface area contributed by atoms with E-state index in [9.17, 15) is 9.59 Å². The van der Waals surface area contributed by atoms with E-state index in [4.69, 9.17) is 0 Å². The number of imidazole rings is 1. The Labute approximate surface area is 139 Å². The fourth-order valence-electron chi connectivity index (χ4n) is 2.83. The summed E-state index contributed by atoms with van der Waals surface area (Å²) in [4.78, 5) is 31.9. The number of anilines is 1. The van der Waals surface area contributed by atoms with Gasteiger partial charge in [0.1, 0.15) is 5.92 Å². The smallest absolute Gasteiger partial charge is 0.240 e. The van der Waals surface area contributed by atoms with Gasteiger partial charge < -0.3 is 9.88 Å². The highest BCUT2D eigenvalue weighted by atomic mass is 32.1. The summed E-state index contributed by atoms with van der Waals surface area (Å²) < 4.78 is 2.03. The molecule has 2 amide bonds. The van der Waals surface area contributed by atoms with Crippen LogP contribution in [-0.4, -0.2) is 28.4 Å². The minimum atomic E-state index is -0.693. The van der Waals surface area contributed by atoms with Crippen LogP contribution in [0, 0.1) is 5.92 Å². The lowest BCUT2D eigenvalue weighted by Gasteiger charge is -2.29. The van der Waals surface area contributed by atoms with E-state index in [2.05, 4.69) is 24.1 Å². The van der Waals surface area contributed by atoms with E-state index >= 15 is 0 Å². The molecule has 1 unspecified atom stereocenters. The van der Waals surface area contributed by atoms with E-state index in [1.54, 1.807) is 24.7 Å². The summed E-state index contributed by atoms with van der Waals surface area (Å²) in [6, 6.07) is 4.15. The van der Waals surface area contributed by atoms with Crippen molar-refractivity contribution in [1.29, 1.82) is 0 Å². The number of aromatic nitrogens is 2. The summed E-state index contributed by atoms with van der Waals surface area (Å²) in [7, 11) is 1.68. The van der Waals surface area contributed by atoms with Crippen molar-refractivity contribution in [3.05, 3.63) is 34.4 Å². The average molecular weight is 332 g/mol. The number of carbonyl (C=O) groups excluding carboxylic acids is 2. The molecule has 0 saturated carbocycles. The van der Waals surface area contributed by atoms with Gasteiger partial charge in [-0.3, -0.25) is 14.5 Å². The van der Waals surface area contributed by atoms with Crippen molar-refractivity contribution in [2.45, 2.75) is 32.9 Å². The number of fused-ring (bicyclic) bond motifs is 1. The van der Waals surface area contributed by atoms with Gasteiger partial charge >= 0.3 is 0 Å². The molecule has 0 spiro atoms. The van der Waals surface area contributed by atoms with Gasteiger partial charge in [0.15, 0.2) is 5.82 Å². The van der Waals surface area contributed by atoms with Gasteiger partial charge in [-0.25, -0.2) is 4.98 Å². The monoisotopic (exact) mass is 332 g/mol. The van der Waals surface area contributed by atoms with Crippen molar-refractivity contribution < 1.29 is 9.59 Å². The molecule has 7 heteroatoms. The number of hydrogen-bond acceptors (Lipinski definition) is 4. The maximum absolute atomic E-state index is 12.5. The summed E-state index contributed by atoms with van der Waals surface area (Å²) in [5.74, 6) is -0.458. The van der Waals surface area contributed by atoms with Crippen LogP contribution in [-0.2, 0) is 22.6 Å². The second-order valence-corrected chi connectivity index (χ2v) is 7.00. The Morgan fingerprint density at radius 2 is 2.30 bits per heavy atom. The summed E-state index contributed by atoms with van der Waals surface area (Å²) in [6.45, 7) is 4.58. The van der Waals surface area contributed by atoms with E-state index in [-0.39, 0.29) is 17.9 Å². The molecule has 2 aromatic rings. The number of nitrogens with zero attached hydrogens (tertiary/aromatic N) is 3. The molecule has 3 heterocycles. The molecular formula is C16H20N4O2S. The fourth-order valence-corrected chi connectivity index (χ4v) is 3.48. The molecule has 6 nitrogen and oxygen atoms in total. The van der Waals surface area contributed by atoms with Gasteiger partial charge in [-0.2, -0.15) is 0 Å². The van der Waals surface area contributed by atoms with Crippen molar-refractivity contribution in [2.24, 2.45) is 5.92 Å². The fraction of sp³-hybridized carbons (Fsp3) is 0.438. The summed E-state index contributed by atoms with van der Waals surface area (Å²) in [6.07, 6.45) is 2.14. The molecule has 1 aliphatic heterocycles. The van der Waals surface area contributed by atoms with Gasteiger partial charge in [0.05, 0.1) is 18.6 Å². The van der Waals surface area contributed by atoms with Crippen LogP contribution < -0.4 is 10.2 Å². The Bertz CT molecular complexity index is 721. The lowest BCUT2D eigenvalue weighted by molar-refractivity contribution is -0.134. The predicted octanol–water partition coefficient (Wildman–Crippen LogP) is 1.98. The normalized spacial score (nSPS) is 17.5. The first-order valence-corrected chi connectivity index (χ1v) is 8.50. The van der Waals surface area contributed by atoms with Crippen LogP contribution in [0.3, 0.4) is 0 Å². The Hall–Kier alpha value is -2.15. The molecule has 0 aromatic carbocycles. The number of rotatable bonds is 4. The highest BCUT2D eigenvalue weighted by Gasteiger charge is 2.38. The molecule has 1 aliphatic rings. The SMILES string of the molecule is CC(C)n1cnc2c1CC(C(=O)NCc1cccs1)C(=O)N2C. The van der Waals surface area contributed by atoms with Crippen molar-refractivity contribution in [1.82, 2.24) is 14.9 Å². The van der Waals surface area contributed by atoms with Gasteiger partial charge in [0, 0.05) is 24.4 Å². The molecule has 0 saturated heterocycles. The average Bonchev–Trinajstić information content (AvgIpc) is 3.17. The molecule has 122 valence electrons. The highest BCUT2D eigenvalue weighted by molar-refractivity contribution is 7.09. The minimum Gasteiger partial charge on any atom is -0.351 e. The third-order valence-electron chi connectivity index (χ3n) is 4.11. The second-order valence-electron chi connectivity index (χ2n) is 5.97. The molecule has 0 bridgehead atoms. The Morgan fingerprint density at radius 1 is 1.52 bits per heavy atom. The van der Waals surface area contributed by atoms with E-state index < -0.39 is 5.92 Å². The molecule has 3 rings (SSSR count). The van der Waals surface area contributed by atoms with E-state index in [0.717, 1.165) is 10.6 Å². The van der Waals surface area contributed by atoms with Gasteiger partial charge in [-0.1, -0.05) is 6.07 Å². The molecule has 1 atom stereocenters.